The zero-order valence-corrected chi connectivity index (χ0v) is 16.4. The lowest BCUT2D eigenvalue weighted by Gasteiger charge is -2.23. The first-order valence-corrected chi connectivity index (χ1v) is 9.09. The average Bonchev–Trinajstić information content (AvgIpc) is 3.12. The Morgan fingerprint density at radius 2 is 1.89 bits per heavy atom. The van der Waals surface area contributed by atoms with Gasteiger partial charge in [-0.3, -0.25) is 14.4 Å². The molecule has 10 heteroatoms. The zero-order valence-electron chi connectivity index (χ0n) is 16.4. The van der Waals surface area contributed by atoms with E-state index in [9.17, 15) is 19.2 Å². The van der Waals surface area contributed by atoms with Crippen molar-refractivity contribution in [2.75, 3.05) is 7.11 Å². The smallest absolute Gasteiger partial charge is 0.328 e. The minimum atomic E-state index is -0.992. The molecule has 156 valence electrons. The molecule has 0 aliphatic carbocycles. The standard InChI is InChI=1S/C18H28N4O6/c1-11(2)7-14(18(27)28-3)22-17(26)13(8-12-9-19-10-20-12)21-15(23)5-4-6-16(24)25/h9-11,13-14H,4-8H2,1-3H3,(H,19,20)(H,21,23)(H,22,26)(H,24,25). The largest absolute Gasteiger partial charge is 0.481 e. The molecule has 0 radical (unpaired) electrons. The van der Waals surface area contributed by atoms with Crippen LogP contribution in [0.3, 0.4) is 0 Å². The van der Waals surface area contributed by atoms with Crippen LogP contribution in [0.15, 0.2) is 12.5 Å². The van der Waals surface area contributed by atoms with Gasteiger partial charge in [-0.2, -0.15) is 0 Å². The third-order valence-corrected chi connectivity index (χ3v) is 3.93. The van der Waals surface area contributed by atoms with Gasteiger partial charge in [-0.15, -0.1) is 0 Å². The third kappa shape index (κ3) is 8.65. The van der Waals surface area contributed by atoms with E-state index >= 15 is 0 Å². The highest BCUT2D eigenvalue weighted by molar-refractivity contribution is 5.91. The predicted molar refractivity (Wildman–Crippen MR) is 99.1 cm³/mol. The number of hydrogen-bond acceptors (Lipinski definition) is 6. The van der Waals surface area contributed by atoms with Gasteiger partial charge in [0.15, 0.2) is 0 Å². The molecule has 0 aliphatic rings. The Hall–Kier alpha value is -2.91. The number of carbonyl (C=O) groups excluding carboxylic acids is 3. The van der Waals surface area contributed by atoms with Crippen molar-refractivity contribution in [2.24, 2.45) is 5.92 Å². The number of esters is 1. The van der Waals surface area contributed by atoms with Crippen LogP contribution in [-0.2, 0) is 30.3 Å². The van der Waals surface area contributed by atoms with E-state index in [4.69, 9.17) is 9.84 Å². The summed E-state index contributed by atoms with van der Waals surface area (Å²) in [6, 6.07) is -1.78. The van der Waals surface area contributed by atoms with Crippen molar-refractivity contribution in [3.05, 3.63) is 18.2 Å². The number of aromatic amines is 1. The summed E-state index contributed by atoms with van der Waals surface area (Å²) in [6.45, 7) is 3.82. The molecule has 0 bridgehead atoms. The number of methoxy groups -OCH3 is 1. The van der Waals surface area contributed by atoms with Crippen LogP contribution >= 0.6 is 0 Å². The van der Waals surface area contributed by atoms with Crippen molar-refractivity contribution in [1.82, 2.24) is 20.6 Å². The van der Waals surface area contributed by atoms with Crippen LogP contribution in [0.2, 0.25) is 0 Å². The van der Waals surface area contributed by atoms with Crippen molar-refractivity contribution < 1.29 is 29.0 Å². The first-order valence-electron chi connectivity index (χ1n) is 9.09. The number of imidazole rings is 1. The van der Waals surface area contributed by atoms with E-state index in [2.05, 4.69) is 20.6 Å². The number of nitrogens with one attached hydrogen (secondary N) is 3. The number of aromatic nitrogens is 2. The van der Waals surface area contributed by atoms with Crippen molar-refractivity contribution in [3.8, 4) is 0 Å². The molecule has 0 aromatic carbocycles. The van der Waals surface area contributed by atoms with Crippen LogP contribution in [0.5, 0.6) is 0 Å². The maximum atomic E-state index is 12.7. The number of amides is 2. The number of nitrogens with zero attached hydrogens (tertiary/aromatic N) is 1. The Morgan fingerprint density at radius 1 is 1.18 bits per heavy atom. The van der Waals surface area contributed by atoms with Crippen LogP contribution < -0.4 is 10.6 Å². The van der Waals surface area contributed by atoms with Gasteiger partial charge in [-0.05, 0) is 18.8 Å². The van der Waals surface area contributed by atoms with Crippen molar-refractivity contribution in [3.63, 3.8) is 0 Å². The molecule has 0 aliphatic heterocycles. The fourth-order valence-corrected chi connectivity index (χ4v) is 2.59. The molecule has 1 aromatic heterocycles. The summed E-state index contributed by atoms with van der Waals surface area (Å²) in [5.41, 5.74) is 0.629. The summed E-state index contributed by atoms with van der Waals surface area (Å²) in [5.74, 6) is -2.39. The second-order valence-corrected chi connectivity index (χ2v) is 6.86. The fourth-order valence-electron chi connectivity index (χ4n) is 2.59. The van der Waals surface area contributed by atoms with Crippen LogP contribution in [0.4, 0.5) is 0 Å². The predicted octanol–water partition coefficient (Wildman–Crippen LogP) is 0.396. The van der Waals surface area contributed by atoms with Crippen LogP contribution in [0.1, 0.15) is 45.2 Å². The number of carboxylic acid groups (broad SMARTS) is 1. The molecule has 2 amide bonds. The highest BCUT2D eigenvalue weighted by Crippen LogP contribution is 2.08. The Labute approximate surface area is 163 Å². The molecule has 0 saturated carbocycles. The number of carboxylic acids is 1. The molecular weight excluding hydrogens is 368 g/mol. The lowest BCUT2D eigenvalue weighted by Crippen LogP contribution is -2.53. The number of rotatable bonds is 12. The van der Waals surface area contributed by atoms with Gasteiger partial charge in [0.25, 0.3) is 0 Å². The molecular formula is C18H28N4O6. The van der Waals surface area contributed by atoms with E-state index in [1.54, 1.807) is 0 Å². The molecule has 1 heterocycles. The maximum absolute atomic E-state index is 12.7. The summed E-state index contributed by atoms with van der Waals surface area (Å²) in [6.07, 6.45) is 3.53. The van der Waals surface area contributed by atoms with Gasteiger partial charge in [0.05, 0.1) is 13.4 Å². The van der Waals surface area contributed by atoms with Crippen LogP contribution in [-0.4, -0.2) is 58.0 Å². The van der Waals surface area contributed by atoms with Gasteiger partial charge in [-0.1, -0.05) is 13.8 Å². The van der Waals surface area contributed by atoms with Gasteiger partial charge >= 0.3 is 11.9 Å². The topological polar surface area (TPSA) is 150 Å². The molecule has 1 aromatic rings. The Balaban J connectivity index is 2.81. The minimum Gasteiger partial charge on any atom is -0.481 e. The second kappa shape index (κ2) is 11.7. The SMILES string of the molecule is COC(=O)C(CC(C)C)NC(=O)C(Cc1cnc[nH]1)NC(=O)CCCC(=O)O. The molecule has 2 unspecified atom stereocenters. The highest BCUT2D eigenvalue weighted by atomic mass is 16.5. The van der Waals surface area contributed by atoms with Crippen LogP contribution in [0, 0.1) is 5.92 Å². The molecule has 2 atom stereocenters. The van der Waals surface area contributed by atoms with Crippen molar-refractivity contribution in [1.29, 1.82) is 0 Å². The summed E-state index contributed by atoms with van der Waals surface area (Å²) in [7, 11) is 1.24. The normalized spacial score (nSPS) is 12.9. The van der Waals surface area contributed by atoms with Crippen LogP contribution in [0.25, 0.3) is 0 Å². The van der Waals surface area contributed by atoms with E-state index in [1.807, 2.05) is 13.8 Å². The minimum absolute atomic E-state index is 0.0223. The van der Waals surface area contributed by atoms with E-state index < -0.39 is 35.8 Å². The lowest BCUT2D eigenvalue weighted by atomic mass is 10.0. The van der Waals surface area contributed by atoms with Gasteiger partial charge in [0, 0.05) is 31.2 Å². The lowest BCUT2D eigenvalue weighted by molar-refractivity contribution is -0.145. The Morgan fingerprint density at radius 3 is 2.43 bits per heavy atom. The molecule has 4 N–H and O–H groups in total. The fraction of sp³-hybridized carbons (Fsp3) is 0.611. The molecule has 1 rings (SSSR count). The van der Waals surface area contributed by atoms with Crippen molar-refractivity contribution in [2.45, 2.75) is 58.0 Å². The third-order valence-electron chi connectivity index (χ3n) is 3.93. The Kier molecular flexibility index (Phi) is 9.69. The molecule has 28 heavy (non-hydrogen) atoms. The molecule has 0 fully saturated rings. The van der Waals surface area contributed by atoms with E-state index in [-0.39, 0.29) is 31.6 Å². The van der Waals surface area contributed by atoms with Crippen molar-refractivity contribution >= 4 is 23.8 Å². The number of carbonyl (C=O) groups is 4. The summed E-state index contributed by atoms with van der Waals surface area (Å²) in [5, 5.41) is 13.9. The van der Waals surface area contributed by atoms with E-state index in [1.165, 1.54) is 19.6 Å². The second-order valence-electron chi connectivity index (χ2n) is 6.86. The van der Waals surface area contributed by atoms with E-state index in [0.29, 0.717) is 12.1 Å². The number of ether oxygens (including phenoxy) is 1. The quantitative estimate of drug-likeness (QED) is 0.373. The first kappa shape index (κ1) is 23.1. The number of hydrogen-bond donors (Lipinski definition) is 4. The van der Waals surface area contributed by atoms with Gasteiger partial charge in [0.2, 0.25) is 11.8 Å². The molecule has 0 spiro atoms. The monoisotopic (exact) mass is 396 g/mol. The first-order chi connectivity index (χ1) is 13.2. The molecule has 0 saturated heterocycles. The summed E-state index contributed by atoms with van der Waals surface area (Å²) in [4.78, 5) is 54.1. The zero-order chi connectivity index (χ0) is 21.1. The van der Waals surface area contributed by atoms with Gasteiger partial charge < -0.3 is 25.5 Å². The molecule has 10 nitrogen and oxygen atoms in total. The number of aliphatic carboxylic acids is 1. The highest BCUT2D eigenvalue weighted by Gasteiger charge is 2.28. The number of H-pyrrole nitrogens is 1. The Bertz CT molecular complexity index is 659. The van der Waals surface area contributed by atoms with E-state index in [0.717, 1.165) is 0 Å². The average molecular weight is 396 g/mol. The van der Waals surface area contributed by atoms with Gasteiger partial charge in [0.1, 0.15) is 12.1 Å². The summed E-state index contributed by atoms with van der Waals surface area (Å²) >= 11 is 0. The summed E-state index contributed by atoms with van der Waals surface area (Å²) < 4.78 is 4.74. The van der Waals surface area contributed by atoms with Gasteiger partial charge in [-0.25, -0.2) is 9.78 Å². The maximum Gasteiger partial charge on any atom is 0.328 e.